The molecule has 0 amide bonds. The Morgan fingerprint density at radius 2 is 1.81 bits per heavy atom. The molecule has 0 unspecified atom stereocenters. The Morgan fingerprint density at radius 3 is 2.43 bits per heavy atom. The molecule has 2 rings (SSSR count). The van der Waals surface area contributed by atoms with Gasteiger partial charge in [0, 0.05) is 18.0 Å². The van der Waals surface area contributed by atoms with E-state index in [1.807, 2.05) is 32.0 Å². The predicted molar refractivity (Wildman–Crippen MR) is 76.6 cm³/mol. The van der Waals surface area contributed by atoms with Crippen LogP contribution >= 0.6 is 11.8 Å². The predicted octanol–water partition coefficient (Wildman–Crippen LogP) is 4.31. The van der Waals surface area contributed by atoms with Crippen LogP contribution in [0.1, 0.15) is 16.8 Å². The molecule has 1 aromatic carbocycles. The van der Waals surface area contributed by atoms with Crippen LogP contribution in [0.25, 0.3) is 0 Å². The number of aromatic nitrogens is 2. The first-order chi connectivity index (χ1) is 9.79. The average molecular weight is 313 g/mol. The molecule has 0 bridgehead atoms. The number of hydrogen-bond donors (Lipinski definition) is 1. The molecule has 0 aliphatic carbocycles. The summed E-state index contributed by atoms with van der Waals surface area (Å²) in [4.78, 5) is 8.40. The molecule has 112 valence electrons. The molecule has 0 saturated carbocycles. The molecular formula is C14H14F3N3S. The van der Waals surface area contributed by atoms with Crippen LogP contribution in [0.2, 0.25) is 0 Å². The lowest BCUT2D eigenvalue weighted by Crippen LogP contribution is -2.11. The van der Waals surface area contributed by atoms with E-state index in [0.717, 1.165) is 22.1 Å². The van der Waals surface area contributed by atoms with Crippen molar-refractivity contribution in [2.24, 2.45) is 0 Å². The molecule has 0 fully saturated rings. The minimum Gasteiger partial charge on any atom is -0.357 e. The molecule has 2 aromatic rings. The third-order valence-corrected chi connectivity index (χ3v) is 3.85. The van der Waals surface area contributed by atoms with Gasteiger partial charge in [0.25, 0.3) is 0 Å². The second-order valence-corrected chi connectivity index (χ2v) is 5.60. The molecule has 21 heavy (non-hydrogen) atoms. The van der Waals surface area contributed by atoms with E-state index >= 15 is 0 Å². The summed E-state index contributed by atoms with van der Waals surface area (Å²) in [6.07, 6.45) is -4.49. The van der Waals surface area contributed by atoms with E-state index in [-0.39, 0.29) is 11.0 Å². The minimum atomic E-state index is -4.49. The first kappa shape index (κ1) is 15.6. The zero-order chi connectivity index (χ0) is 15.6. The second kappa shape index (κ2) is 5.93. The van der Waals surface area contributed by atoms with Crippen LogP contribution in [0, 0.1) is 13.8 Å². The van der Waals surface area contributed by atoms with Crippen LogP contribution in [-0.4, -0.2) is 17.0 Å². The first-order valence-corrected chi connectivity index (χ1v) is 7.00. The lowest BCUT2D eigenvalue weighted by molar-refractivity contribution is -0.141. The maximum Gasteiger partial charge on any atom is 0.433 e. The highest BCUT2D eigenvalue weighted by molar-refractivity contribution is 7.99. The fourth-order valence-corrected chi connectivity index (χ4v) is 2.67. The van der Waals surface area contributed by atoms with Gasteiger partial charge in [-0.25, -0.2) is 9.97 Å². The zero-order valence-electron chi connectivity index (χ0n) is 11.7. The van der Waals surface area contributed by atoms with Crippen molar-refractivity contribution in [2.45, 2.75) is 29.9 Å². The number of hydrogen-bond acceptors (Lipinski definition) is 4. The average Bonchev–Trinajstić information content (AvgIpc) is 2.41. The normalized spacial score (nSPS) is 11.5. The van der Waals surface area contributed by atoms with Crippen molar-refractivity contribution >= 4 is 17.7 Å². The largest absolute Gasteiger partial charge is 0.433 e. The maximum atomic E-state index is 12.8. The van der Waals surface area contributed by atoms with Crippen molar-refractivity contribution in [3.8, 4) is 0 Å². The van der Waals surface area contributed by atoms with E-state index in [2.05, 4.69) is 15.3 Å². The Kier molecular flexibility index (Phi) is 4.41. The highest BCUT2D eigenvalue weighted by Gasteiger charge is 2.33. The van der Waals surface area contributed by atoms with Gasteiger partial charge >= 0.3 is 6.18 Å². The number of alkyl halides is 3. The van der Waals surface area contributed by atoms with Gasteiger partial charge in [0.2, 0.25) is 5.95 Å². The smallest absolute Gasteiger partial charge is 0.357 e. The van der Waals surface area contributed by atoms with Crippen LogP contribution < -0.4 is 5.32 Å². The molecule has 0 aliphatic heterocycles. The van der Waals surface area contributed by atoms with Crippen LogP contribution in [0.4, 0.5) is 19.1 Å². The standard InChI is InChI=1S/C14H14F3N3S/c1-8-4-5-9(2)10(6-8)21-12-7-11(14(15,16)17)19-13(18-3)20-12/h4-7H,1-3H3,(H,18,19,20). The Balaban J connectivity index is 2.42. The molecule has 0 radical (unpaired) electrons. The summed E-state index contributed by atoms with van der Waals surface area (Å²) in [5, 5.41) is 2.82. The molecule has 1 N–H and O–H groups in total. The molecule has 0 atom stereocenters. The topological polar surface area (TPSA) is 37.8 Å². The van der Waals surface area contributed by atoms with Gasteiger partial charge in [-0.3, -0.25) is 0 Å². The van der Waals surface area contributed by atoms with E-state index in [0.29, 0.717) is 0 Å². The summed E-state index contributed by atoms with van der Waals surface area (Å²) < 4.78 is 38.5. The summed E-state index contributed by atoms with van der Waals surface area (Å²) in [5.74, 6) is -0.0439. The zero-order valence-corrected chi connectivity index (χ0v) is 12.6. The lowest BCUT2D eigenvalue weighted by Gasteiger charge is -2.11. The van der Waals surface area contributed by atoms with Gasteiger partial charge in [0.1, 0.15) is 5.03 Å². The van der Waals surface area contributed by atoms with Crippen LogP contribution in [0.3, 0.4) is 0 Å². The molecule has 3 nitrogen and oxygen atoms in total. The molecule has 1 aromatic heterocycles. The number of aryl methyl sites for hydroxylation is 2. The third-order valence-electron chi connectivity index (χ3n) is 2.77. The van der Waals surface area contributed by atoms with Crippen molar-refractivity contribution in [2.75, 3.05) is 12.4 Å². The SMILES string of the molecule is CNc1nc(Sc2cc(C)ccc2C)cc(C(F)(F)F)n1. The van der Waals surface area contributed by atoms with Gasteiger partial charge in [0.05, 0.1) is 0 Å². The van der Waals surface area contributed by atoms with Crippen LogP contribution in [-0.2, 0) is 6.18 Å². The lowest BCUT2D eigenvalue weighted by atomic mass is 10.2. The number of nitrogens with zero attached hydrogens (tertiary/aromatic N) is 2. The van der Waals surface area contributed by atoms with E-state index in [9.17, 15) is 13.2 Å². The van der Waals surface area contributed by atoms with Gasteiger partial charge < -0.3 is 5.32 Å². The van der Waals surface area contributed by atoms with Crippen molar-refractivity contribution in [3.63, 3.8) is 0 Å². The number of nitrogens with one attached hydrogen (secondary N) is 1. The van der Waals surface area contributed by atoms with E-state index in [4.69, 9.17) is 0 Å². The molecule has 0 aliphatic rings. The quantitative estimate of drug-likeness (QED) is 0.857. The Morgan fingerprint density at radius 1 is 1.10 bits per heavy atom. The number of anilines is 1. The van der Waals surface area contributed by atoms with Crippen LogP contribution in [0.5, 0.6) is 0 Å². The van der Waals surface area contributed by atoms with Gasteiger partial charge in [-0.15, -0.1) is 0 Å². The van der Waals surface area contributed by atoms with E-state index in [1.165, 1.54) is 18.8 Å². The highest BCUT2D eigenvalue weighted by Crippen LogP contribution is 2.34. The van der Waals surface area contributed by atoms with Gasteiger partial charge in [0.15, 0.2) is 5.69 Å². The molecular weight excluding hydrogens is 299 g/mol. The number of halogens is 3. The Labute approximate surface area is 125 Å². The van der Waals surface area contributed by atoms with E-state index in [1.54, 1.807) is 0 Å². The van der Waals surface area contributed by atoms with E-state index < -0.39 is 11.9 Å². The fourth-order valence-electron chi connectivity index (χ4n) is 1.66. The molecule has 1 heterocycles. The molecule has 7 heteroatoms. The minimum absolute atomic E-state index is 0.0439. The highest BCUT2D eigenvalue weighted by atomic mass is 32.2. The van der Waals surface area contributed by atoms with Gasteiger partial charge in [-0.1, -0.05) is 23.9 Å². The number of benzene rings is 1. The monoisotopic (exact) mass is 313 g/mol. The second-order valence-electron chi connectivity index (χ2n) is 4.53. The van der Waals surface area contributed by atoms with Gasteiger partial charge in [-0.2, -0.15) is 13.2 Å². The first-order valence-electron chi connectivity index (χ1n) is 6.19. The Bertz CT molecular complexity index is 656. The summed E-state index contributed by atoms with van der Waals surface area (Å²) in [6.45, 7) is 3.84. The molecule has 0 saturated heterocycles. The summed E-state index contributed by atoms with van der Waals surface area (Å²) in [6, 6.07) is 6.78. The number of rotatable bonds is 3. The van der Waals surface area contributed by atoms with Crippen molar-refractivity contribution in [1.29, 1.82) is 0 Å². The van der Waals surface area contributed by atoms with Gasteiger partial charge in [-0.05, 0) is 31.0 Å². The third kappa shape index (κ3) is 3.87. The summed E-state index contributed by atoms with van der Waals surface area (Å²) in [5.41, 5.74) is 1.08. The summed E-state index contributed by atoms with van der Waals surface area (Å²) >= 11 is 1.20. The Hall–Kier alpha value is -1.76. The maximum absolute atomic E-state index is 12.8. The van der Waals surface area contributed by atoms with Crippen molar-refractivity contribution in [1.82, 2.24) is 9.97 Å². The molecule has 0 spiro atoms. The fraction of sp³-hybridized carbons (Fsp3) is 0.286. The van der Waals surface area contributed by atoms with Crippen molar-refractivity contribution in [3.05, 3.63) is 41.1 Å². The van der Waals surface area contributed by atoms with Crippen LogP contribution in [0.15, 0.2) is 34.2 Å². The summed E-state index contributed by atoms with van der Waals surface area (Å²) in [7, 11) is 1.49. The van der Waals surface area contributed by atoms with Crippen molar-refractivity contribution < 1.29 is 13.2 Å².